The molecule has 378 valence electrons. The summed E-state index contributed by atoms with van der Waals surface area (Å²) in [6, 6.07) is 27.7. The Hall–Kier alpha value is -5.22. The van der Waals surface area contributed by atoms with Crippen molar-refractivity contribution in [2.45, 2.75) is 144 Å². The number of unbranched alkanes of at least 4 members (excludes halogenated alkanes) is 3. The van der Waals surface area contributed by atoms with E-state index in [0.29, 0.717) is 41.3 Å². The number of hydrogen-bond acceptors (Lipinski definition) is 11. The molecule has 0 unspecified atom stereocenters. The molecule has 7 rings (SSSR count). The lowest BCUT2D eigenvalue weighted by Gasteiger charge is -2.19. The summed E-state index contributed by atoms with van der Waals surface area (Å²) in [7, 11) is 1.69. The third-order valence-corrected chi connectivity index (χ3v) is 10.8. The second kappa shape index (κ2) is 27.2. The van der Waals surface area contributed by atoms with Crippen LogP contribution >= 0.6 is 27.0 Å². The van der Waals surface area contributed by atoms with Gasteiger partial charge in [0.1, 0.15) is 47.8 Å². The fraction of sp³-hybridized carbons (Fsp3) is 0.481. The van der Waals surface area contributed by atoms with Crippen molar-refractivity contribution in [1.82, 2.24) is 19.6 Å². The van der Waals surface area contributed by atoms with Gasteiger partial charge >= 0.3 is 12.2 Å². The van der Waals surface area contributed by atoms with Gasteiger partial charge in [-0.1, -0.05) is 80.8 Å². The van der Waals surface area contributed by atoms with Gasteiger partial charge in [-0.3, -0.25) is 0 Å². The molecule has 13 nitrogen and oxygen atoms in total. The number of aromatic nitrogens is 4. The molecule has 1 aliphatic heterocycles. The van der Waals surface area contributed by atoms with E-state index in [1.54, 1.807) is 7.11 Å². The van der Waals surface area contributed by atoms with Gasteiger partial charge < -0.3 is 33.5 Å². The molecule has 0 amide bonds. The van der Waals surface area contributed by atoms with Gasteiger partial charge in [0.2, 0.25) is 0 Å². The van der Waals surface area contributed by atoms with Crippen molar-refractivity contribution in [2.24, 2.45) is 0 Å². The number of rotatable bonds is 16. The maximum atomic E-state index is 12.6. The highest BCUT2D eigenvalue weighted by Gasteiger charge is 2.26. The third kappa shape index (κ3) is 17.9. The Bertz CT molecular complexity index is 2540. The van der Waals surface area contributed by atoms with Gasteiger partial charge in [0.15, 0.2) is 0 Å². The quantitative estimate of drug-likeness (QED) is 0.0729. The van der Waals surface area contributed by atoms with Crippen molar-refractivity contribution in [1.29, 1.82) is 0 Å². The summed E-state index contributed by atoms with van der Waals surface area (Å²) in [5.74, 6) is 2.23. The Morgan fingerprint density at radius 2 is 1.17 bits per heavy atom. The number of aliphatic hydroxyl groups excluding tert-OH is 1. The Morgan fingerprint density at radius 3 is 1.68 bits per heavy atom. The first kappa shape index (κ1) is 58.1. The molecule has 3 heterocycles. The molecule has 0 saturated carbocycles. The molecule has 69 heavy (non-hydrogen) atoms. The SMILES string of the molecule is CCCCc1ccccc1C.COc1ccccc1CCCCC[C@H](O)COc1cccc2c1c(C)nn2C(=O)OC(C)(C)C.Cc1nn(C(=O)OC(C)(C)C)c2cccc(OC[C@@H]3CO3)c12.S.S. The standard InChI is InChI=1S/C27H36N2O5.C16H20N2O4.C11H16.2H2S/c1-19-25-22(29(28-19)26(31)34-27(2,3)4)15-11-17-24(25)33-18-21(30)14-8-6-7-12-20-13-9-10-16-23(20)32-5;1-10-14-12(18(17-10)15(19)22-16(2,3)4)6-5-7-13(14)21-9-11-8-20-11;1-3-4-8-11-9-6-5-7-10(11)2;;/h9-11,13,15-17,21,30H,6-8,12,14,18H2,1-5H3;5-7,11H,8-9H2,1-4H3;5-7,9H,3-4,8H2,1-2H3;2*1H2/t21-;11-;;;/m00.../s1. The van der Waals surface area contributed by atoms with Gasteiger partial charge in [0.05, 0.1) is 53.0 Å². The zero-order chi connectivity index (χ0) is 48.7. The minimum absolute atomic E-state index is 0. The molecule has 1 aliphatic rings. The molecule has 15 heteroatoms. The smallest absolute Gasteiger partial charge is 0.435 e. The molecule has 2 aromatic heterocycles. The van der Waals surface area contributed by atoms with Crippen molar-refractivity contribution in [3.63, 3.8) is 0 Å². The molecule has 1 N–H and O–H groups in total. The largest absolute Gasteiger partial charge is 0.496 e. The number of fused-ring (bicyclic) bond motifs is 2. The minimum atomic E-state index is -0.616. The van der Waals surface area contributed by atoms with E-state index >= 15 is 0 Å². The number of methoxy groups -OCH3 is 1. The molecule has 0 spiro atoms. The highest BCUT2D eigenvalue weighted by atomic mass is 32.1. The number of aryl methyl sites for hydroxylation is 5. The van der Waals surface area contributed by atoms with E-state index in [9.17, 15) is 14.7 Å². The van der Waals surface area contributed by atoms with Crippen LogP contribution in [-0.4, -0.2) is 87.2 Å². The number of hydrogen-bond donors (Lipinski definition) is 1. The number of benzene rings is 4. The number of carbonyl (C=O) groups excluding carboxylic acids is 2. The van der Waals surface area contributed by atoms with Gasteiger partial charge in [-0.25, -0.2) is 9.59 Å². The van der Waals surface area contributed by atoms with Crippen LogP contribution in [-0.2, 0) is 27.1 Å². The average Bonchev–Trinajstić information content (AvgIpc) is 3.96. The number of ether oxygens (including phenoxy) is 6. The van der Waals surface area contributed by atoms with E-state index in [1.807, 2.05) is 110 Å². The van der Waals surface area contributed by atoms with E-state index in [4.69, 9.17) is 28.4 Å². The highest BCUT2D eigenvalue weighted by molar-refractivity contribution is 7.59. The van der Waals surface area contributed by atoms with Gasteiger partial charge in [0, 0.05) is 0 Å². The number of aliphatic hydroxyl groups is 1. The fourth-order valence-electron chi connectivity index (χ4n) is 7.41. The Labute approximate surface area is 423 Å². The predicted molar refractivity (Wildman–Crippen MR) is 285 cm³/mol. The van der Waals surface area contributed by atoms with E-state index in [2.05, 4.69) is 54.4 Å². The highest BCUT2D eigenvalue weighted by Crippen LogP contribution is 2.31. The Kier molecular flexibility index (Phi) is 22.9. The molecule has 6 aromatic rings. The van der Waals surface area contributed by atoms with Gasteiger partial charge in [-0.15, -0.1) is 0 Å². The predicted octanol–water partition coefficient (Wildman–Crippen LogP) is 12.1. The maximum absolute atomic E-state index is 12.6. The normalized spacial score (nSPS) is 13.4. The summed E-state index contributed by atoms with van der Waals surface area (Å²) >= 11 is 0. The fourth-order valence-corrected chi connectivity index (χ4v) is 7.41. The first-order chi connectivity index (χ1) is 31.9. The van der Waals surface area contributed by atoms with Crippen molar-refractivity contribution >= 4 is 61.0 Å². The van der Waals surface area contributed by atoms with Crippen LogP contribution in [0.3, 0.4) is 0 Å². The lowest BCUT2D eigenvalue weighted by Crippen LogP contribution is -2.27. The molecule has 2 atom stereocenters. The second-order valence-electron chi connectivity index (χ2n) is 18.9. The van der Waals surface area contributed by atoms with E-state index in [0.717, 1.165) is 54.5 Å². The Balaban J connectivity index is 0.000000307. The molecule has 1 fully saturated rings. The van der Waals surface area contributed by atoms with Crippen LogP contribution in [0, 0.1) is 20.8 Å². The summed E-state index contributed by atoms with van der Waals surface area (Å²) in [4.78, 5) is 24.8. The average molecular weight is 989 g/mol. The van der Waals surface area contributed by atoms with Crippen LogP contribution in [0.25, 0.3) is 21.8 Å². The van der Waals surface area contributed by atoms with Crippen LogP contribution in [0.1, 0.15) is 115 Å². The monoisotopic (exact) mass is 989 g/mol. The van der Waals surface area contributed by atoms with Crippen LogP contribution in [0.15, 0.2) is 84.9 Å². The number of para-hydroxylation sites is 1. The summed E-state index contributed by atoms with van der Waals surface area (Å²) in [6.07, 6.45) is 7.02. The van der Waals surface area contributed by atoms with Crippen LogP contribution in [0.2, 0.25) is 0 Å². The van der Waals surface area contributed by atoms with Crippen molar-refractivity contribution in [3.05, 3.63) is 113 Å². The van der Waals surface area contributed by atoms with E-state index in [1.165, 1.54) is 45.3 Å². The number of epoxide rings is 1. The van der Waals surface area contributed by atoms with Crippen molar-refractivity contribution in [2.75, 3.05) is 26.9 Å². The second-order valence-corrected chi connectivity index (χ2v) is 18.9. The zero-order valence-electron chi connectivity index (χ0n) is 42.5. The van der Waals surface area contributed by atoms with Crippen LogP contribution in [0.4, 0.5) is 9.59 Å². The lowest BCUT2D eigenvalue weighted by molar-refractivity contribution is 0.0511. The van der Waals surface area contributed by atoms with Gasteiger partial charge in [-0.05, 0) is 141 Å². The molecular weight excluding hydrogens is 913 g/mol. The topological polar surface area (TPSA) is 149 Å². The van der Waals surface area contributed by atoms with Crippen LogP contribution in [0.5, 0.6) is 17.2 Å². The van der Waals surface area contributed by atoms with Crippen molar-refractivity contribution < 1.29 is 43.1 Å². The molecule has 4 aromatic carbocycles. The molecule has 0 radical (unpaired) electrons. The van der Waals surface area contributed by atoms with Crippen molar-refractivity contribution in [3.8, 4) is 17.2 Å². The number of nitrogens with zero attached hydrogens (tertiary/aromatic N) is 4. The van der Waals surface area contributed by atoms with Gasteiger partial charge in [0.25, 0.3) is 0 Å². The zero-order valence-corrected chi connectivity index (χ0v) is 44.5. The molecular formula is C54H76N4O9S2. The lowest BCUT2D eigenvalue weighted by atomic mass is 10.0. The molecule has 0 aliphatic carbocycles. The van der Waals surface area contributed by atoms with E-state index in [-0.39, 0.29) is 39.7 Å². The minimum Gasteiger partial charge on any atom is -0.496 e. The number of carbonyl (C=O) groups is 2. The first-order valence-electron chi connectivity index (χ1n) is 23.5. The van der Waals surface area contributed by atoms with Gasteiger partial charge in [-0.2, -0.15) is 46.6 Å². The summed E-state index contributed by atoms with van der Waals surface area (Å²) in [5, 5.41) is 20.7. The van der Waals surface area contributed by atoms with Crippen LogP contribution < -0.4 is 14.2 Å². The third-order valence-electron chi connectivity index (χ3n) is 10.8. The summed E-state index contributed by atoms with van der Waals surface area (Å²) in [6.45, 7) is 20.5. The van der Waals surface area contributed by atoms with E-state index < -0.39 is 29.5 Å². The molecule has 0 bridgehead atoms. The summed E-state index contributed by atoms with van der Waals surface area (Å²) in [5.41, 5.74) is 5.67. The molecule has 1 saturated heterocycles. The maximum Gasteiger partial charge on any atom is 0.435 e. The Morgan fingerprint density at radius 1 is 0.681 bits per heavy atom. The first-order valence-corrected chi connectivity index (χ1v) is 23.5. The summed E-state index contributed by atoms with van der Waals surface area (Å²) < 4.78 is 35.7.